The molecule has 0 aromatic heterocycles. The van der Waals surface area contributed by atoms with E-state index in [9.17, 15) is 18.8 Å². The molecule has 0 bridgehead atoms. The second kappa shape index (κ2) is 11.3. The highest BCUT2D eigenvalue weighted by molar-refractivity contribution is 8.00. The molecule has 0 saturated heterocycles. The van der Waals surface area contributed by atoms with Gasteiger partial charge in [0.2, 0.25) is 5.91 Å². The van der Waals surface area contributed by atoms with Crippen LogP contribution in [0.3, 0.4) is 0 Å². The molecule has 3 rings (SSSR count). The molecular formula is C25H23FN2O4S. The monoisotopic (exact) mass is 466 g/mol. The average Bonchev–Trinajstić information content (AvgIpc) is 2.82. The highest BCUT2D eigenvalue weighted by Crippen LogP contribution is 2.29. The Labute approximate surface area is 195 Å². The van der Waals surface area contributed by atoms with E-state index in [1.807, 2.05) is 13.0 Å². The lowest BCUT2D eigenvalue weighted by molar-refractivity contribution is -0.115. The summed E-state index contributed by atoms with van der Waals surface area (Å²) >= 11 is 1.32. The van der Waals surface area contributed by atoms with Gasteiger partial charge in [-0.05, 0) is 48.9 Å². The minimum Gasteiger partial charge on any atom is -0.465 e. The predicted molar refractivity (Wildman–Crippen MR) is 127 cm³/mol. The lowest BCUT2D eigenvalue weighted by Gasteiger charge is -2.17. The van der Waals surface area contributed by atoms with Crippen LogP contribution < -0.4 is 10.6 Å². The molecule has 0 aliphatic heterocycles. The molecule has 1 unspecified atom stereocenters. The van der Waals surface area contributed by atoms with Crippen LogP contribution >= 0.6 is 11.8 Å². The number of thioether (sulfide) groups is 1. The SMILES string of the molecule is CCC(Sc1cccc(NC(=O)c2ccccc2F)c1)C(=O)Nc1ccccc1C(=O)OC. The maximum Gasteiger partial charge on any atom is 0.339 e. The molecule has 1 atom stereocenters. The number of amides is 2. The number of ether oxygens (including phenoxy) is 1. The number of para-hydroxylation sites is 1. The smallest absolute Gasteiger partial charge is 0.339 e. The zero-order valence-electron chi connectivity index (χ0n) is 18.1. The summed E-state index contributed by atoms with van der Waals surface area (Å²) in [5, 5.41) is 5.03. The van der Waals surface area contributed by atoms with Crippen LogP contribution in [0.1, 0.15) is 34.1 Å². The van der Waals surface area contributed by atoms with Crippen LogP contribution in [0.2, 0.25) is 0 Å². The van der Waals surface area contributed by atoms with Crippen molar-refractivity contribution in [2.24, 2.45) is 0 Å². The first-order valence-corrected chi connectivity index (χ1v) is 11.1. The van der Waals surface area contributed by atoms with E-state index in [0.717, 1.165) is 4.90 Å². The molecule has 0 saturated carbocycles. The van der Waals surface area contributed by atoms with Crippen molar-refractivity contribution < 1.29 is 23.5 Å². The van der Waals surface area contributed by atoms with Crippen LogP contribution in [0.4, 0.5) is 15.8 Å². The lowest BCUT2D eigenvalue weighted by Crippen LogP contribution is -2.25. The number of methoxy groups -OCH3 is 1. The molecular weight excluding hydrogens is 443 g/mol. The number of rotatable bonds is 8. The molecule has 0 radical (unpaired) electrons. The second-order valence-electron chi connectivity index (χ2n) is 7.00. The molecule has 0 spiro atoms. The Balaban J connectivity index is 1.71. The number of hydrogen-bond acceptors (Lipinski definition) is 5. The number of benzene rings is 3. The van der Waals surface area contributed by atoms with Crippen LogP contribution in [-0.4, -0.2) is 30.1 Å². The molecule has 2 N–H and O–H groups in total. The normalized spacial score (nSPS) is 11.4. The number of carbonyl (C=O) groups excluding carboxylic acids is 3. The van der Waals surface area contributed by atoms with Crippen molar-refractivity contribution in [3.63, 3.8) is 0 Å². The average molecular weight is 467 g/mol. The van der Waals surface area contributed by atoms with Gasteiger partial charge in [0.05, 0.1) is 29.2 Å². The van der Waals surface area contributed by atoms with E-state index in [0.29, 0.717) is 17.8 Å². The summed E-state index contributed by atoms with van der Waals surface area (Å²) in [5.41, 5.74) is 1.08. The van der Waals surface area contributed by atoms with Gasteiger partial charge in [0.15, 0.2) is 0 Å². The minimum absolute atomic E-state index is 0.0503. The van der Waals surface area contributed by atoms with Crippen molar-refractivity contribution in [2.75, 3.05) is 17.7 Å². The molecule has 0 heterocycles. The Morgan fingerprint density at radius 2 is 1.64 bits per heavy atom. The first-order chi connectivity index (χ1) is 15.9. The fourth-order valence-corrected chi connectivity index (χ4v) is 4.08. The molecule has 0 aliphatic carbocycles. The minimum atomic E-state index is -0.601. The Hall–Kier alpha value is -3.65. The molecule has 2 amide bonds. The number of nitrogens with one attached hydrogen (secondary N) is 2. The first kappa shape index (κ1) is 24.0. The van der Waals surface area contributed by atoms with Crippen molar-refractivity contribution in [2.45, 2.75) is 23.5 Å². The maximum atomic E-state index is 13.9. The second-order valence-corrected chi connectivity index (χ2v) is 8.28. The molecule has 3 aromatic rings. The number of esters is 1. The summed E-state index contributed by atoms with van der Waals surface area (Å²) in [6, 6.07) is 19.4. The molecule has 3 aromatic carbocycles. The third-order valence-corrected chi connectivity index (χ3v) is 6.10. The molecule has 8 heteroatoms. The standard InChI is InChI=1S/C25H23FN2O4S/c1-3-22(24(30)28-21-14-7-5-12-19(21)25(31)32-2)33-17-10-8-9-16(15-17)27-23(29)18-11-4-6-13-20(18)26/h4-15,22H,3H2,1-2H3,(H,27,29)(H,28,30). The van der Waals surface area contributed by atoms with E-state index < -0.39 is 22.9 Å². The van der Waals surface area contributed by atoms with Crippen LogP contribution in [-0.2, 0) is 9.53 Å². The van der Waals surface area contributed by atoms with Crippen molar-refractivity contribution in [3.8, 4) is 0 Å². The van der Waals surface area contributed by atoms with Crippen LogP contribution in [0.5, 0.6) is 0 Å². The van der Waals surface area contributed by atoms with Gasteiger partial charge in [0, 0.05) is 10.6 Å². The van der Waals surface area contributed by atoms with Gasteiger partial charge in [0.25, 0.3) is 5.91 Å². The summed E-state index contributed by atoms with van der Waals surface area (Å²) in [6.07, 6.45) is 0.530. The van der Waals surface area contributed by atoms with E-state index >= 15 is 0 Å². The van der Waals surface area contributed by atoms with Crippen molar-refractivity contribution >= 4 is 40.9 Å². The lowest BCUT2D eigenvalue weighted by atomic mass is 10.1. The van der Waals surface area contributed by atoms with E-state index in [1.54, 1.807) is 48.5 Å². The summed E-state index contributed by atoms with van der Waals surface area (Å²) in [4.78, 5) is 38.0. The zero-order valence-corrected chi connectivity index (χ0v) is 18.9. The van der Waals surface area contributed by atoms with Gasteiger partial charge in [-0.3, -0.25) is 9.59 Å². The van der Waals surface area contributed by atoms with Crippen molar-refractivity contribution in [1.29, 1.82) is 0 Å². The van der Waals surface area contributed by atoms with Crippen molar-refractivity contribution in [1.82, 2.24) is 0 Å². The quantitative estimate of drug-likeness (QED) is 0.344. The topological polar surface area (TPSA) is 84.5 Å². The Bertz CT molecular complexity index is 1170. The molecule has 33 heavy (non-hydrogen) atoms. The summed E-state index contributed by atoms with van der Waals surface area (Å²) in [5.74, 6) is -1.96. The molecule has 170 valence electrons. The summed E-state index contributed by atoms with van der Waals surface area (Å²) in [7, 11) is 1.28. The van der Waals surface area contributed by atoms with Gasteiger partial charge in [-0.15, -0.1) is 11.8 Å². The van der Waals surface area contributed by atoms with Crippen LogP contribution in [0.25, 0.3) is 0 Å². The van der Waals surface area contributed by atoms with Gasteiger partial charge in [-0.1, -0.05) is 37.3 Å². The third-order valence-electron chi connectivity index (χ3n) is 4.74. The Morgan fingerprint density at radius 3 is 2.33 bits per heavy atom. The van der Waals surface area contributed by atoms with Gasteiger partial charge < -0.3 is 15.4 Å². The van der Waals surface area contributed by atoms with E-state index in [1.165, 1.54) is 37.1 Å². The van der Waals surface area contributed by atoms with Gasteiger partial charge in [-0.25, -0.2) is 9.18 Å². The van der Waals surface area contributed by atoms with Crippen LogP contribution in [0, 0.1) is 5.82 Å². The van der Waals surface area contributed by atoms with Crippen molar-refractivity contribution in [3.05, 3.63) is 89.7 Å². The third kappa shape index (κ3) is 6.20. The first-order valence-electron chi connectivity index (χ1n) is 10.2. The predicted octanol–water partition coefficient (Wildman–Crippen LogP) is 5.37. The zero-order chi connectivity index (χ0) is 23.8. The van der Waals surface area contributed by atoms with Gasteiger partial charge in [-0.2, -0.15) is 0 Å². The summed E-state index contributed by atoms with van der Waals surface area (Å²) in [6.45, 7) is 1.88. The number of anilines is 2. The van der Waals surface area contributed by atoms with Gasteiger partial charge >= 0.3 is 5.97 Å². The van der Waals surface area contributed by atoms with Gasteiger partial charge in [0.1, 0.15) is 5.82 Å². The Morgan fingerprint density at radius 1 is 0.939 bits per heavy atom. The van der Waals surface area contributed by atoms with E-state index in [2.05, 4.69) is 10.6 Å². The summed E-state index contributed by atoms with van der Waals surface area (Å²) < 4.78 is 18.6. The van der Waals surface area contributed by atoms with E-state index in [-0.39, 0.29) is 17.0 Å². The Kier molecular flexibility index (Phi) is 8.21. The number of halogens is 1. The molecule has 6 nitrogen and oxygen atoms in total. The maximum absolute atomic E-state index is 13.9. The van der Waals surface area contributed by atoms with Crippen LogP contribution in [0.15, 0.2) is 77.7 Å². The number of hydrogen-bond donors (Lipinski definition) is 2. The molecule has 0 fully saturated rings. The fourth-order valence-electron chi connectivity index (χ4n) is 3.07. The number of carbonyl (C=O) groups is 3. The van der Waals surface area contributed by atoms with E-state index in [4.69, 9.17) is 4.74 Å². The fraction of sp³-hybridized carbons (Fsp3) is 0.160. The highest BCUT2D eigenvalue weighted by Gasteiger charge is 2.21. The molecule has 0 aliphatic rings. The largest absolute Gasteiger partial charge is 0.465 e. The highest BCUT2D eigenvalue weighted by atomic mass is 32.2.